The molecule has 2 fully saturated rings. The van der Waals surface area contributed by atoms with Crippen LogP contribution in [-0.4, -0.2) is 49.8 Å². The molecular weight excluding hydrogens is 404 g/mol. The highest BCUT2D eigenvalue weighted by Gasteiger charge is 2.26. The lowest BCUT2D eigenvalue weighted by Gasteiger charge is -2.16. The van der Waals surface area contributed by atoms with E-state index in [1.54, 1.807) is 0 Å². The minimum Gasteiger partial charge on any atom is -0.354 e. The number of aromatic nitrogens is 5. The Balaban J connectivity index is 0.000000278. The van der Waals surface area contributed by atoms with E-state index in [4.69, 9.17) is 4.98 Å². The zero-order valence-corrected chi connectivity index (χ0v) is 19.9. The summed E-state index contributed by atoms with van der Waals surface area (Å²) in [5.41, 5.74) is 2.11. The first-order valence-electron chi connectivity index (χ1n) is 11.6. The van der Waals surface area contributed by atoms with Crippen molar-refractivity contribution in [3.05, 3.63) is 30.1 Å². The summed E-state index contributed by atoms with van der Waals surface area (Å²) in [6.07, 6.45) is 7.61. The molecule has 3 aromatic rings. The van der Waals surface area contributed by atoms with Gasteiger partial charge in [-0.25, -0.2) is 4.52 Å². The molecule has 32 heavy (non-hydrogen) atoms. The lowest BCUT2D eigenvalue weighted by Crippen LogP contribution is -2.34. The number of carbonyl (C=O) groups excluding carboxylic acids is 1. The number of aromatic amines is 1. The SMILES string of the molecule is CC.CC(C)(C)NC=O.c1cc2c(Nc3cc(C4CC4)[nH]n3)nc(N3CCCC3)nn2c1. The monoisotopic (exact) mass is 440 g/mol. The molecule has 1 aliphatic heterocycles. The van der Waals surface area contributed by atoms with Crippen molar-refractivity contribution in [3.8, 4) is 0 Å². The second-order valence-electron chi connectivity index (χ2n) is 8.91. The molecule has 2 aliphatic rings. The third-order valence-corrected chi connectivity index (χ3v) is 5.12. The first-order valence-corrected chi connectivity index (χ1v) is 11.6. The average Bonchev–Trinajstić information content (AvgIpc) is 3.17. The maximum absolute atomic E-state index is 9.71. The Hall–Kier alpha value is -3.10. The maximum Gasteiger partial charge on any atom is 0.245 e. The number of rotatable bonds is 5. The van der Waals surface area contributed by atoms with Gasteiger partial charge in [-0.15, -0.1) is 5.10 Å². The van der Waals surface area contributed by atoms with Crippen molar-refractivity contribution in [1.29, 1.82) is 0 Å². The Morgan fingerprint density at radius 3 is 2.50 bits per heavy atom. The van der Waals surface area contributed by atoms with Crippen LogP contribution in [0.25, 0.3) is 5.52 Å². The highest BCUT2D eigenvalue weighted by Crippen LogP contribution is 2.39. The molecule has 0 spiro atoms. The maximum atomic E-state index is 9.71. The van der Waals surface area contributed by atoms with Crippen LogP contribution < -0.4 is 15.5 Å². The smallest absolute Gasteiger partial charge is 0.245 e. The van der Waals surface area contributed by atoms with Gasteiger partial charge in [-0.3, -0.25) is 9.89 Å². The molecule has 1 amide bonds. The number of H-pyrrole nitrogens is 1. The van der Waals surface area contributed by atoms with Gasteiger partial charge in [0.05, 0.1) is 0 Å². The third-order valence-electron chi connectivity index (χ3n) is 5.12. The van der Waals surface area contributed by atoms with Crippen LogP contribution in [0.5, 0.6) is 0 Å². The molecule has 5 rings (SSSR count). The predicted molar refractivity (Wildman–Crippen MR) is 129 cm³/mol. The summed E-state index contributed by atoms with van der Waals surface area (Å²) in [6.45, 7) is 11.9. The number of hydrogen-bond acceptors (Lipinski definition) is 6. The summed E-state index contributed by atoms with van der Waals surface area (Å²) < 4.78 is 1.89. The van der Waals surface area contributed by atoms with Crippen LogP contribution >= 0.6 is 0 Å². The van der Waals surface area contributed by atoms with Crippen LogP contribution in [-0.2, 0) is 4.79 Å². The lowest BCUT2D eigenvalue weighted by molar-refractivity contribution is -0.110. The van der Waals surface area contributed by atoms with Crippen LogP contribution in [0, 0.1) is 0 Å². The highest BCUT2D eigenvalue weighted by atomic mass is 16.1. The number of nitrogens with one attached hydrogen (secondary N) is 3. The summed E-state index contributed by atoms with van der Waals surface area (Å²) >= 11 is 0. The summed E-state index contributed by atoms with van der Waals surface area (Å²) in [5.74, 6) is 3.07. The normalized spacial score (nSPS) is 15.5. The molecule has 0 unspecified atom stereocenters. The molecule has 0 atom stereocenters. The van der Waals surface area contributed by atoms with Crippen molar-refractivity contribution >= 4 is 29.5 Å². The Labute approximate surface area is 190 Å². The van der Waals surface area contributed by atoms with E-state index in [-0.39, 0.29) is 5.54 Å². The van der Waals surface area contributed by atoms with E-state index in [2.05, 4.69) is 36.9 Å². The number of fused-ring (bicyclic) bond motifs is 1. The molecule has 4 heterocycles. The van der Waals surface area contributed by atoms with Crippen LogP contribution in [0.15, 0.2) is 24.4 Å². The summed E-state index contributed by atoms with van der Waals surface area (Å²) in [7, 11) is 0. The van der Waals surface area contributed by atoms with Gasteiger partial charge in [0, 0.05) is 42.5 Å². The Morgan fingerprint density at radius 2 is 1.91 bits per heavy atom. The first kappa shape index (κ1) is 23.6. The van der Waals surface area contributed by atoms with E-state index in [0.717, 1.165) is 36.2 Å². The van der Waals surface area contributed by atoms with Crippen molar-refractivity contribution in [2.75, 3.05) is 23.3 Å². The summed E-state index contributed by atoms with van der Waals surface area (Å²) in [4.78, 5) is 16.7. The molecule has 9 heteroatoms. The fraction of sp³-hybridized carbons (Fsp3) is 0.565. The quantitative estimate of drug-likeness (QED) is 0.513. The zero-order chi connectivity index (χ0) is 23.1. The Bertz CT molecular complexity index is 993. The Morgan fingerprint density at radius 1 is 1.19 bits per heavy atom. The van der Waals surface area contributed by atoms with Crippen molar-refractivity contribution in [1.82, 2.24) is 30.1 Å². The van der Waals surface area contributed by atoms with Gasteiger partial charge in [0.2, 0.25) is 12.4 Å². The molecule has 0 radical (unpaired) electrons. The van der Waals surface area contributed by atoms with Gasteiger partial charge < -0.3 is 15.5 Å². The second kappa shape index (κ2) is 10.5. The van der Waals surface area contributed by atoms with E-state index in [9.17, 15) is 4.79 Å². The van der Waals surface area contributed by atoms with E-state index >= 15 is 0 Å². The molecule has 174 valence electrons. The third kappa shape index (κ3) is 6.21. The van der Waals surface area contributed by atoms with Gasteiger partial charge in [-0.05, 0) is 58.6 Å². The molecule has 0 bridgehead atoms. The Kier molecular flexibility index (Phi) is 7.71. The summed E-state index contributed by atoms with van der Waals surface area (Å²) in [6, 6.07) is 6.10. The van der Waals surface area contributed by atoms with Gasteiger partial charge in [-0.1, -0.05) is 13.8 Å². The van der Waals surface area contributed by atoms with Gasteiger partial charge in [-0.2, -0.15) is 10.1 Å². The largest absolute Gasteiger partial charge is 0.354 e. The van der Waals surface area contributed by atoms with E-state index in [1.807, 2.05) is 57.5 Å². The number of amides is 1. The lowest BCUT2D eigenvalue weighted by atomic mass is 10.1. The summed E-state index contributed by atoms with van der Waals surface area (Å²) in [5, 5.41) is 18.1. The fourth-order valence-electron chi connectivity index (χ4n) is 3.37. The van der Waals surface area contributed by atoms with E-state index in [1.165, 1.54) is 31.4 Å². The van der Waals surface area contributed by atoms with Gasteiger partial charge in [0.15, 0.2) is 11.6 Å². The minimum atomic E-state index is -0.0677. The molecule has 0 aromatic carbocycles. The van der Waals surface area contributed by atoms with Crippen molar-refractivity contribution < 1.29 is 4.79 Å². The van der Waals surface area contributed by atoms with Gasteiger partial charge in [0.25, 0.3) is 0 Å². The topological polar surface area (TPSA) is 103 Å². The van der Waals surface area contributed by atoms with E-state index in [0.29, 0.717) is 12.3 Å². The van der Waals surface area contributed by atoms with Crippen molar-refractivity contribution in [3.63, 3.8) is 0 Å². The fourth-order valence-corrected chi connectivity index (χ4v) is 3.37. The molecule has 3 aromatic heterocycles. The molecule has 1 aliphatic carbocycles. The van der Waals surface area contributed by atoms with Crippen LogP contribution in [0.4, 0.5) is 17.6 Å². The molecule has 9 nitrogen and oxygen atoms in total. The molecule has 3 N–H and O–H groups in total. The van der Waals surface area contributed by atoms with Crippen LogP contribution in [0.1, 0.15) is 71.9 Å². The molecular formula is C23H36N8O. The number of anilines is 3. The van der Waals surface area contributed by atoms with Gasteiger partial charge >= 0.3 is 0 Å². The number of carbonyl (C=O) groups is 1. The first-order chi connectivity index (χ1) is 15.4. The number of hydrogen-bond donors (Lipinski definition) is 3. The van der Waals surface area contributed by atoms with Crippen LogP contribution in [0.2, 0.25) is 0 Å². The minimum absolute atomic E-state index is 0.0677. The standard InChI is InChI=1S/C16H19N7.C5H11NO.C2H6/c1-2-8-22(7-1)16-18-15(13-4-3-9-23(13)21-16)17-14-10-12(19-20-14)11-5-6-11;1-5(2,3)6-4-7;1-2/h3-4,9-11H,1-2,5-8H2,(H2,17,18,19,20,21);4H,1-3H3,(H,6,7);1-2H3. The molecule has 1 saturated carbocycles. The predicted octanol–water partition coefficient (Wildman–Crippen LogP) is 4.23. The number of nitrogens with zero attached hydrogens (tertiary/aromatic N) is 5. The average molecular weight is 441 g/mol. The second-order valence-corrected chi connectivity index (χ2v) is 8.91. The van der Waals surface area contributed by atoms with Crippen LogP contribution in [0.3, 0.4) is 0 Å². The van der Waals surface area contributed by atoms with Crippen molar-refractivity contribution in [2.45, 2.75) is 71.8 Å². The van der Waals surface area contributed by atoms with E-state index < -0.39 is 0 Å². The molecule has 1 saturated heterocycles. The van der Waals surface area contributed by atoms with Gasteiger partial charge in [0.1, 0.15) is 5.52 Å². The van der Waals surface area contributed by atoms with Crippen molar-refractivity contribution in [2.24, 2.45) is 0 Å². The highest BCUT2D eigenvalue weighted by molar-refractivity contribution is 5.73. The zero-order valence-electron chi connectivity index (χ0n) is 19.9.